The van der Waals surface area contributed by atoms with Crippen molar-refractivity contribution in [3.8, 4) is 0 Å². The summed E-state index contributed by atoms with van der Waals surface area (Å²) in [6.07, 6.45) is 66.1. The van der Waals surface area contributed by atoms with Crippen molar-refractivity contribution in [2.24, 2.45) is 0 Å². The summed E-state index contributed by atoms with van der Waals surface area (Å²) in [5.74, 6) is -1.54. The first-order valence-electron chi connectivity index (χ1n) is 28.8. The van der Waals surface area contributed by atoms with Crippen LogP contribution in [0.15, 0.2) is 109 Å². The minimum atomic E-state index is -4.77. The number of carbonyl (C=O) groups excluding carboxylic acids is 3. The number of aliphatic hydroxyl groups is 1. The van der Waals surface area contributed by atoms with E-state index in [9.17, 15) is 28.9 Å². The van der Waals surface area contributed by atoms with Crippen molar-refractivity contribution in [2.45, 2.75) is 238 Å². The average molecular weight is 1060 g/mol. The molecule has 0 aliphatic rings. The van der Waals surface area contributed by atoms with E-state index in [1.165, 1.54) is 19.3 Å². The van der Waals surface area contributed by atoms with Crippen LogP contribution in [0.5, 0.6) is 0 Å². The van der Waals surface area contributed by atoms with Gasteiger partial charge in [0.15, 0.2) is 6.10 Å². The van der Waals surface area contributed by atoms with Crippen LogP contribution < -0.4 is 0 Å². The van der Waals surface area contributed by atoms with Crippen molar-refractivity contribution in [3.63, 3.8) is 0 Å². The highest BCUT2D eigenvalue weighted by Crippen LogP contribution is 2.43. The van der Waals surface area contributed by atoms with Gasteiger partial charge in [-0.25, -0.2) is 4.57 Å². The molecule has 11 nitrogen and oxygen atoms in total. The Bertz CT molecular complexity index is 1660. The molecule has 0 saturated carbocycles. The van der Waals surface area contributed by atoms with Crippen LogP contribution in [0.25, 0.3) is 0 Å². The minimum Gasteiger partial charge on any atom is -0.462 e. The predicted octanol–water partition coefficient (Wildman–Crippen LogP) is 17.0. The summed E-state index contributed by atoms with van der Waals surface area (Å²) in [5.41, 5.74) is 0. The molecule has 0 fully saturated rings. The Hall–Kier alpha value is -3.86. The summed E-state index contributed by atoms with van der Waals surface area (Å²) >= 11 is 0. The number of rotatable bonds is 52. The molecule has 2 N–H and O–H groups in total. The van der Waals surface area contributed by atoms with Crippen LogP contribution in [0.4, 0.5) is 0 Å². The Balaban J connectivity index is 4.83. The number of aliphatic hydroxyl groups excluding tert-OH is 1. The molecular weight excluding hydrogens is 952 g/mol. The number of hydrogen-bond acceptors (Lipinski definition) is 10. The van der Waals surface area contributed by atoms with Crippen molar-refractivity contribution in [3.05, 3.63) is 109 Å². The summed E-state index contributed by atoms with van der Waals surface area (Å²) in [6.45, 7) is 4.36. The number of ether oxygens (including phenoxy) is 3. The fourth-order valence-electron chi connectivity index (χ4n) is 7.27. The van der Waals surface area contributed by atoms with Gasteiger partial charge < -0.3 is 24.2 Å². The normalized spacial score (nSPS) is 14.2. The molecular formula is C62H103O11P. The lowest BCUT2D eigenvalue weighted by Crippen LogP contribution is -2.30. The molecule has 0 aromatic heterocycles. The van der Waals surface area contributed by atoms with E-state index in [0.717, 1.165) is 148 Å². The van der Waals surface area contributed by atoms with Crippen LogP contribution in [-0.4, -0.2) is 66.5 Å². The maximum absolute atomic E-state index is 12.9. The van der Waals surface area contributed by atoms with Crippen molar-refractivity contribution in [1.82, 2.24) is 0 Å². The van der Waals surface area contributed by atoms with Crippen LogP contribution in [0, 0.1) is 0 Å². The summed E-state index contributed by atoms with van der Waals surface area (Å²) in [4.78, 5) is 48.5. The molecule has 0 heterocycles. The highest BCUT2D eigenvalue weighted by molar-refractivity contribution is 7.47. The maximum atomic E-state index is 12.9. The van der Waals surface area contributed by atoms with Gasteiger partial charge >= 0.3 is 25.7 Å². The highest BCUT2D eigenvalue weighted by Gasteiger charge is 2.28. The Morgan fingerprint density at radius 3 is 1.15 bits per heavy atom. The monoisotopic (exact) mass is 1050 g/mol. The van der Waals surface area contributed by atoms with Gasteiger partial charge in [-0.1, -0.05) is 194 Å². The summed E-state index contributed by atoms with van der Waals surface area (Å²) < 4.78 is 39.5. The summed E-state index contributed by atoms with van der Waals surface area (Å²) in [5, 5.41) is 9.80. The van der Waals surface area contributed by atoms with Gasteiger partial charge in [-0.2, -0.15) is 0 Å². The predicted molar refractivity (Wildman–Crippen MR) is 307 cm³/mol. The van der Waals surface area contributed by atoms with Gasteiger partial charge in [0.2, 0.25) is 0 Å². The number of esters is 3. The second kappa shape index (κ2) is 55.4. The van der Waals surface area contributed by atoms with Gasteiger partial charge in [-0.3, -0.25) is 23.4 Å². The highest BCUT2D eigenvalue weighted by atomic mass is 31.2. The summed E-state index contributed by atoms with van der Waals surface area (Å²) in [7, 11) is -4.77. The zero-order valence-corrected chi connectivity index (χ0v) is 47.4. The standard InChI is InChI=1S/C62H103O11P/c1-4-7-10-13-16-19-22-25-27-28-29-30-32-34-36-39-42-45-48-51-60(64)69-55-59(73-62(66)53-50-47-44-41-38-35-31-26-23-20-17-14-11-8-5-2)57-71-74(67,68)70-56-58(54-63)72-61(65)52-49-46-43-40-37-33-24-21-18-15-12-9-6-3/h7,10,12,15-17,19-21,24-27,29-31,34,36,58-59,63H,4-6,8-9,11,13-14,18,22-23,28,32-33,35,37-57H2,1-3H3,(H,67,68)/b10-7-,15-12-,19-16-,20-17-,24-21-,27-25-,30-29-,31-26-,36-34-. The number of carbonyl (C=O) groups is 3. The molecule has 0 spiro atoms. The number of allylic oxidation sites excluding steroid dienone is 18. The molecule has 0 bridgehead atoms. The number of unbranched alkanes of at least 4 members (excludes halogenated alkanes) is 17. The first kappa shape index (κ1) is 70.1. The molecule has 74 heavy (non-hydrogen) atoms. The number of phosphoric ester groups is 1. The zero-order valence-electron chi connectivity index (χ0n) is 46.5. The Kier molecular flexibility index (Phi) is 52.5. The molecule has 3 unspecified atom stereocenters. The summed E-state index contributed by atoms with van der Waals surface area (Å²) in [6, 6.07) is 0. The molecule has 0 amide bonds. The first-order chi connectivity index (χ1) is 36.2. The molecule has 422 valence electrons. The molecule has 0 aromatic carbocycles. The van der Waals surface area contributed by atoms with Gasteiger partial charge in [0.1, 0.15) is 12.7 Å². The fourth-order valence-corrected chi connectivity index (χ4v) is 8.06. The van der Waals surface area contributed by atoms with Crippen LogP contribution in [0.1, 0.15) is 226 Å². The third-order valence-corrected chi connectivity index (χ3v) is 12.6. The first-order valence-corrected chi connectivity index (χ1v) is 30.3. The van der Waals surface area contributed by atoms with Crippen LogP contribution in [0.2, 0.25) is 0 Å². The van der Waals surface area contributed by atoms with E-state index in [2.05, 4.69) is 130 Å². The van der Waals surface area contributed by atoms with E-state index in [-0.39, 0.29) is 25.9 Å². The second-order valence-electron chi connectivity index (χ2n) is 18.7. The van der Waals surface area contributed by atoms with Gasteiger partial charge in [0.25, 0.3) is 0 Å². The molecule has 0 radical (unpaired) electrons. The zero-order chi connectivity index (χ0) is 54.1. The number of phosphoric acid groups is 1. The third kappa shape index (κ3) is 53.0. The molecule has 0 aromatic rings. The van der Waals surface area contributed by atoms with E-state index < -0.39 is 57.8 Å². The van der Waals surface area contributed by atoms with Gasteiger partial charge in [0, 0.05) is 19.3 Å². The second-order valence-corrected chi connectivity index (χ2v) is 20.2. The minimum absolute atomic E-state index is 0.138. The largest absolute Gasteiger partial charge is 0.472 e. The lowest BCUT2D eigenvalue weighted by molar-refractivity contribution is -0.161. The number of hydrogen-bond donors (Lipinski definition) is 2. The van der Waals surface area contributed by atoms with Crippen molar-refractivity contribution >= 4 is 25.7 Å². The molecule has 3 atom stereocenters. The van der Waals surface area contributed by atoms with Crippen LogP contribution in [0.3, 0.4) is 0 Å². The van der Waals surface area contributed by atoms with Crippen molar-refractivity contribution in [1.29, 1.82) is 0 Å². The molecule has 12 heteroatoms. The van der Waals surface area contributed by atoms with Crippen molar-refractivity contribution in [2.75, 3.05) is 26.4 Å². The Labute approximate surface area is 450 Å². The SMILES string of the molecule is CC/C=C\C/C=C\C/C=C\C/C=C\C/C=C\CCCCCC(=O)OCC(COP(=O)(O)OCC(CO)OC(=O)CCCCCCC/C=C\C/C=C\CCC)OC(=O)CCCCCCC/C=C\C/C=C\CCCCC. The Morgan fingerprint density at radius 2 is 0.730 bits per heavy atom. The smallest absolute Gasteiger partial charge is 0.462 e. The molecule has 0 aliphatic heterocycles. The van der Waals surface area contributed by atoms with Gasteiger partial charge in [-0.15, -0.1) is 0 Å². The van der Waals surface area contributed by atoms with Crippen LogP contribution >= 0.6 is 7.82 Å². The molecule has 0 saturated heterocycles. The van der Waals surface area contributed by atoms with Crippen LogP contribution in [-0.2, 0) is 42.2 Å². The lowest BCUT2D eigenvalue weighted by Gasteiger charge is -2.21. The van der Waals surface area contributed by atoms with Crippen molar-refractivity contribution < 1.29 is 52.2 Å². The average Bonchev–Trinajstić information content (AvgIpc) is 3.39. The van der Waals surface area contributed by atoms with E-state index >= 15 is 0 Å². The maximum Gasteiger partial charge on any atom is 0.472 e. The molecule has 0 rings (SSSR count). The Morgan fingerprint density at radius 1 is 0.392 bits per heavy atom. The topological polar surface area (TPSA) is 155 Å². The third-order valence-electron chi connectivity index (χ3n) is 11.6. The fraction of sp³-hybridized carbons (Fsp3) is 0.661. The molecule has 0 aliphatic carbocycles. The lowest BCUT2D eigenvalue weighted by atomic mass is 10.1. The van der Waals surface area contributed by atoms with E-state index in [1.807, 2.05) is 0 Å². The van der Waals surface area contributed by atoms with E-state index in [4.69, 9.17) is 23.3 Å². The van der Waals surface area contributed by atoms with E-state index in [0.29, 0.717) is 19.3 Å². The van der Waals surface area contributed by atoms with Gasteiger partial charge in [-0.05, 0) is 122 Å². The van der Waals surface area contributed by atoms with Gasteiger partial charge in [0.05, 0.1) is 19.8 Å². The van der Waals surface area contributed by atoms with E-state index in [1.54, 1.807) is 0 Å². The quantitative estimate of drug-likeness (QED) is 0.0197.